The number of carbonyl (C=O) groups excluding carboxylic acids is 1. The first-order chi connectivity index (χ1) is 14.5. The number of nitrogens with one attached hydrogen (secondary N) is 3. The van der Waals surface area contributed by atoms with Crippen LogP contribution in [0.5, 0.6) is 5.75 Å². The Hall–Kier alpha value is -2.28. The van der Waals surface area contributed by atoms with Gasteiger partial charge in [0.1, 0.15) is 12.4 Å². The number of hydrogen-bond donors (Lipinski definition) is 3. The third-order valence-electron chi connectivity index (χ3n) is 5.28. The minimum absolute atomic E-state index is 0.125. The fraction of sp³-hybridized carbons (Fsp3) is 0.652. The first-order valence-corrected chi connectivity index (χ1v) is 11.2. The molecule has 7 nitrogen and oxygen atoms in total. The third kappa shape index (κ3) is 8.22. The molecule has 30 heavy (non-hydrogen) atoms. The van der Waals surface area contributed by atoms with E-state index in [0.29, 0.717) is 31.7 Å². The Labute approximate surface area is 181 Å². The number of aliphatic imine (C=N–C) groups is 1. The smallest absolute Gasteiger partial charge is 0.234 e. The molecule has 1 amide bonds. The zero-order valence-electron chi connectivity index (χ0n) is 19.0. The van der Waals surface area contributed by atoms with E-state index in [2.05, 4.69) is 58.7 Å². The van der Waals surface area contributed by atoms with Gasteiger partial charge in [0.25, 0.3) is 0 Å². The Morgan fingerprint density at radius 3 is 2.60 bits per heavy atom. The molecule has 0 spiro atoms. The van der Waals surface area contributed by atoms with Gasteiger partial charge in [-0.05, 0) is 36.8 Å². The molecule has 0 aliphatic carbocycles. The van der Waals surface area contributed by atoms with Gasteiger partial charge in [-0.25, -0.2) is 0 Å². The van der Waals surface area contributed by atoms with E-state index >= 15 is 0 Å². The van der Waals surface area contributed by atoms with E-state index < -0.39 is 0 Å². The molecule has 1 fully saturated rings. The van der Waals surface area contributed by atoms with Crippen molar-refractivity contribution in [1.29, 1.82) is 0 Å². The predicted octanol–water partition coefficient (Wildman–Crippen LogP) is 2.34. The lowest BCUT2D eigenvalue weighted by Gasteiger charge is -2.32. The number of hydrogen-bond acceptors (Lipinski definition) is 4. The second-order valence-electron chi connectivity index (χ2n) is 8.08. The minimum atomic E-state index is 0.125. The highest BCUT2D eigenvalue weighted by Crippen LogP contribution is 2.25. The summed E-state index contributed by atoms with van der Waals surface area (Å²) >= 11 is 0. The normalized spacial score (nSPS) is 15.8. The van der Waals surface area contributed by atoms with Gasteiger partial charge in [0.15, 0.2) is 5.96 Å². The number of carbonyl (C=O) groups is 1. The molecule has 0 saturated carbocycles. The topological polar surface area (TPSA) is 78.0 Å². The number of guanidine groups is 1. The molecule has 1 aromatic carbocycles. The Bertz CT molecular complexity index is 669. The van der Waals surface area contributed by atoms with Crippen LogP contribution < -0.4 is 20.7 Å². The van der Waals surface area contributed by atoms with E-state index in [9.17, 15) is 4.79 Å². The number of amides is 1. The van der Waals surface area contributed by atoms with Crippen molar-refractivity contribution in [2.75, 3.05) is 46.4 Å². The van der Waals surface area contributed by atoms with Crippen LogP contribution in [0.3, 0.4) is 0 Å². The first kappa shape index (κ1) is 24.0. The number of benzene rings is 1. The molecule has 1 saturated heterocycles. The van der Waals surface area contributed by atoms with E-state index in [1.54, 1.807) is 7.05 Å². The van der Waals surface area contributed by atoms with Crippen LogP contribution in [0.2, 0.25) is 0 Å². The molecule has 7 heteroatoms. The van der Waals surface area contributed by atoms with Crippen LogP contribution in [0.15, 0.2) is 29.3 Å². The van der Waals surface area contributed by atoms with Gasteiger partial charge in [-0.1, -0.05) is 39.0 Å². The first-order valence-electron chi connectivity index (χ1n) is 11.2. The van der Waals surface area contributed by atoms with E-state index in [1.807, 2.05) is 12.1 Å². The van der Waals surface area contributed by atoms with Crippen molar-refractivity contribution in [3.63, 3.8) is 0 Å². The summed E-state index contributed by atoms with van der Waals surface area (Å²) in [5.41, 5.74) is 1.23. The number of piperidine rings is 1. The molecule has 0 unspecified atom stereocenters. The SMILES string of the molecule is CCCNC(=O)CN1CCC(NC(=NC)NCCOc2ccccc2C(C)C)CC1. The van der Waals surface area contributed by atoms with Gasteiger partial charge >= 0.3 is 0 Å². The molecule has 0 aromatic heterocycles. The lowest BCUT2D eigenvalue weighted by atomic mass is 10.0. The van der Waals surface area contributed by atoms with Crippen LogP contribution in [-0.2, 0) is 4.79 Å². The molecule has 0 bridgehead atoms. The van der Waals surface area contributed by atoms with E-state index in [-0.39, 0.29) is 5.91 Å². The highest BCUT2D eigenvalue weighted by molar-refractivity contribution is 5.80. The van der Waals surface area contributed by atoms with Crippen LogP contribution >= 0.6 is 0 Å². The number of para-hydroxylation sites is 1. The van der Waals surface area contributed by atoms with Crippen molar-refractivity contribution >= 4 is 11.9 Å². The summed E-state index contributed by atoms with van der Waals surface area (Å²) in [6, 6.07) is 8.57. The van der Waals surface area contributed by atoms with Crippen molar-refractivity contribution in [2.45, 2.75) is 52.0 Å². The Balaban J connectivity index is 1.66. The summed E-state index contributed by atoms with van der Waals surface area (Å²) < 4.78 is 5.97. The van der Waals surface area contributed by atoms with Crippen molar-refractivity contribution in [2.24, 2.45) is 4.99 Å². The van der Waals surface area contributed by atoms with Crippen LogP contribution in [0.4, 0.5) is 0 Å². The standard InChI is InChI=1S/C23H39N5O2/c1-5-12-25-22(29)17-28-14-10-19(11-15-28)27-23(24-4)26-13-16-30-21-9-7-6-8-20(21)18(2)3/h6-9,18-19H,5,10-17H2,1-4H3,(H,25,29)(H2,24,26,27). The Morgan fingerprint density at radius 2 is 1.93 bits per heavy atom. The summed E-state index contributed by atoms with van der Waals surface area (Å²) in [6.07, 6.45) is 2.97. The molecule has 168 valence electrons. The van der Waals surface area contributed by atoms with Gasteiger partial charge in [-0.2, -0.15) is 0 Å². The fourth-order valence-corrected chi connectivity index (χ4v) is 3.57. The van der Waals surface area contributed by atoms with Gasteiger partial charge in [0.05, 0.1) is 13.1 Å². The third-order valence-corrected chi connectivity index (χ3v) is 5.28. The van der Waals surface area contributed by atoms with Gasteiger partial charge in [-0.3, -0.25) is 14.7 Å². The Morgan fingerprint density at radius 1 is 1.20 bits per heavy atom. The molecule has 2 rings (SSSR count). The number of likely N-dealkylation sites (tertiary alicyclic amines) is 1. The van der Waals surface area contributed by atoms with Crippen molar-refractivity contribution in [1.82, 2.24) is 20.9 Å². The highest BCUT2D eigenvalue weighted by Gasteiger charge is 2.21. The van der Waals surface area contributed by atoms with Crippen LogP contribution in [-0.4, -0.2) is 69.2 Å². The van der Waals surface area contributed by atoms with E-state index in [0.717, 1.165) is 50.6 Å². The summed E-state index contributed by atoms with van der Waals surface area (Å²) in [4.78, 5) is 18.4. The summed E-state index contributed by atoms with van der Waals surface area (Å²) in [7, 11) is 1.79. The zero-order chi connectivity index (χ0) is 21.8. The lowest BCUT2D eigenvalue weighted by molar-refractivity contribution is -0.122. The number of ether oxygens (including phenoxy) is 1. The summed E-state index contributed by atoms with van der Waals surface area (Å²) in [5, 5.41) is 9.78. The maximum absolute atomic E-state index is 11.9. The quantitative estimate of drug-likeness (QED) is 0.309. The van der Waals surface area contributed by atoms with Crippen LogP contribution in [0, 0.1) is 0 Å². The Kier molecular flexibility index (Phi) is 10.5. The molecule has 1 aromatic rings. The average molecular weight is 418 g/mol. The van der Waals surface area contributed by atoms with Crippen molar-refractivity contribution < 1.29 is 9.53 Å². The van der Waals surface area contributed by atoms with Crippen LogP contribution in [0.1, 0.15) is 51.5 Å². The molecular weight excluding hydrogens is 378 g/mol. The summed E-state index contributed by atoms with van der Waals surface area (Å²) in [5.74, 6) is 2.31. The molecule has 1 heterocycles. The molecule has 1 aliphatic rings. The lowest BCUT2D eigenvalue weighted by Crippen LogP contribution is -2.50. The molecule has 3 N–H and O–H groups in total. The molecule has 0 atom stereocenters. The van der Waals surface area contributed by atoms with Gasteiger partial charge in [-0.15, -0.1) is 0 Å². The molecule has 1 aliphatic heterocycles. The van der Waals surface area contributed by atoms with Crippen LogP contribution in [0.25, 0.3) is 0 Å². The monoisotopic (exact) mass is 417 g/mol. The zero-order valence-corrected chi connectivity index (χ0v) is 19.0. The van der Waals surface area contributed by atoms with Gasteiger partial charge in [0, 0.05) is 32.7 Å². The van der Waals surface area contributed by atoms with Gasteiger partial charge < -0.3 is 20.7 Å². The predicted molar refractivity (Wildman–Crippen MR) is 123 cm³/mol. The van der Waals surface area contributed by atoms with E-state index in [4.69, 9.17) is 4.74 Å². The fourth-order valence-electron chi connectivity index (χ4n) is 3.57. The summed E-state index contributed by atoms with van der Waals surface area (Å²) in [6.45, 7) is 10.8. The largest absolute Gasteiger partial charge is 0.491 e. The van der Waals surface area contributed by atoms with E-state index in [1.165, 1.54) is 5.56 Å². The highest BCUT2D eigenvalue weighted by atomic mass is 16.5. The number of nitrogens with zero attached hydrogens (tertiary/aromatic N) is 2. The van der Waals surface area contributed by atoms with Gasteiger partial charge in [0.2, 0.25) is 5.91 Å². The number of rotatable bonds is 10. The maximum atomic E-state index is 11.9. The molecular formula is C23H39N5O2. The molecule has 0 radical (unpaired) electrons. The second-order valence-corrected chi connectivity index (χ2v) is 8.08. The van der Waals surface area contributed by atoms with Crippen molar-refractivity contribution in [3.05, 3.63) is 29.8 Å². The minimum Gasteiger partial charge on any atom is -0.491 e. The maximum Gasteiger partial charge on any atom is 0.234 e. The average Bonchev–Trinajstić information content (AvgIpc) is 2.75. The second kappa shape index (κ2) is 13.1. The van der Waals surface area contributed by atoms with Crippen molar-refractivity contribution in [3.8, 4) is 5.75 Å².